The van der Waals surface area contributed by atoms with E-state index in [-0.39, 0.29) is 47.1 Å². The van der Waals surface area contributed by atoms with Crippen LogP contribution >= 0.6 is 0 Å². The minimum Gasteiger partial charge on any atom is -0.493 e. The van der Waals surface area contributed by atoms with Gasteiger partial charge in [-0.2, -0.15) is 0 Å². The van der Waals surface area contributed by atoms with E-state index in [4.69, 9.17) is 14.2 Å². The first kappa shape index (κ1) is 23.8. The van der Waals surface area contributed by atoms with Gasteiger partial charge in [0.25, 0.3) is 11.6 Å². The van der Waals surface area contributed by atoms with Gasteiger partial charge in [-0.1, -0.05) is 48.5 Å². The highest BCUT2D eigenvalue weighted by Gasteiger charge is 2.43. The molecule has 2 bridgehead atoms. The van der Waals surface area contributed by atoms with E-state index in [1.54, 1.807) is 0 Å². The van der Waals surface area contributed by atoms with Crippen LogP contribution in [0.25, 0.3) is 0 Å². The highest BCUT2D eigenvalue weighted by atomic mass is 16.6. The van der Waals surface area contributed by atoms with Gasteiger partial charge in [0.2, 0.25) is 0 Å². The van der Waals surface area contributed by atoms with Crippen molar-refractivity contribution in [2.45, 2.75) is 18.3 Å². The van der Waals surface area contributed by atoms with Crippen molar-refractivity contribution in [3.63, 3.8) is 0 Å². The summed E-state index contributed by atoms with van der Waals surface area (Å²) in [6.07, 6.45) is 0.913. The molecule has 0 heterocycles. The first-order valence-corrected chi connectivity index (χ1v) is 12.0. The van der Waals surface area contributed by atoms with Gasteiger partial charge in [0.1, 0.15) is 12.2 Å². The first-order chi connectivity index (χ1) is 17.5. The fourth-order valence-electron chi connectivity index (χ4n) is 5.67. The van der Waals surface area contributed by atoms with Crippen LogP contribution in [0.1, 0.15) is 50.9 Å². The lowest BCUT2D eigenvalue weighted by molar-refractivity contribution is -0.385. The Morgan fingerprint density at radius 3 is 2.19 bits per heavy atom. The molecule has 1 atom stereocenters. The van der Waals surface area contributed by atoms with Gasteiger partial charge < -0.3 is 19.5 Å². The summed E-state index contributed by atoms with van der Waals surface area (Å²) in [5, 5.41) is 14.8. The number of nitrogens with one attached hydrogen (secondary N) is 1. The number of nitro groups is 1. The summed E-state index contributed by atoms with van der Waals surface area (Å²) in [6, 6.07) is 19.6. The fourth-order valence-corrected chi connectivity index (χ4v) is 5.67. The molecule has 3 aromatic rings. The predicted octanol–water partition coefficient (Wildman–Crippen LogP) is 4.66. The average Bonchev–Trinajstić information content (AvgIpc) is 2.91. The van der Waals surface area contributed by atoms with E-state index in [9.17, 15) is 14.9 Å². The number of benzene rings is 3. The topological polar surface area (TPSA) is 99.9 Å². The number of hydrogen-bond acceptors (Lipinski definition) is 6. The molecule has 186 valence electrons. The number of carbonyl (C=O) groups excluding carboxylic acids is 1. The smallest absolute Gasteiger partial charge is 0.286 e. The zero-order chi connectivity index (χ0) is 25.2. The minimum absolute atomic E-state index is 0.0577. The zero-order valence-electron chi connectivity index (χ0n) is 20.2. The van der Waals surface area contributed by atoms with Gasteiger partial charge in [0.15, 0.2) is 11.5 Å². The molecule has 36 heavy (non-hydrogen) atoms. The molecule has 3 aromatic carbocycles. The minimum atomic E-state index is -0.577. The number of nitrogens with zero attached hydrogens (tertiary/aromatic N) is 1. The van der Waals surface area contributed by atoms with E-state index in [2.05, 4.69) is 53.8 Å². The molecule has 0 aromatic heterocycles. The number of nitro benzene ring substituents is 1. The lowest BCUT2D eigenvalue weighted by atomic mass is 9.59. The van der Waals surface area contributed by atoms with E-state index < -0.39 is 10.8 Å². The molecular formula is C28H28N2O6. The number of methoxy groups -OCH3 is 2. The Bertz CT molecular complexity index is 1260. The molecule has 0 saturated heterocycles. The molecule has 0 fully saturated rings. The predicted molar refractivity (Wildman–Crippen MR) is 134 cm³/mol. The summed E-state index contributed by atoms with van der Waals surface area (Å²) in [5.74, 6) is 0.566. The lowest BCUT2D eigenvalue weighted by Crippen LogP contribution is -2.39. The van der Waals surface area contributed by atoms with Gasteiger partial charge in [0.05, 0.1) is 24.7 Å². The maximum Gasteiger partial charge on any atom is 0.286 e. The van der Waals surface area contributed by atoms with E-state index in [1.807, 2.05) is 0 Å². The van der Waals surface area contributed by atoms with Crippen molar-refractivity contribution in [2.75, 3.05) is 34.0 Å². The number of carbonyl (C=O) groups is 1. The second kappa shape index (κ2) is 9.99. The monoisotopic (exact) mass is 488 g/mol. The van der Waals surface area contributed by atoms with Gasteiger partial charge in [-0.3, -0.25) is 14.9 Å². The highest BCUT2D eigenvalue weighted by Crippen LogP contribution is 2.55. The van der Waals surface area contributed by atoms with Crippen LogP contribution in [0.15, 0.2) is 60.7 Å². The molecule has 6 rings (SSSR count). The van der Waals surface area contributed by atoms with Gasteiger partial charge in [-0.25, -0.2) is 0 Å². The van der Waals surface area contributed by atoms with Crippen LogP contribution in [0.5, 0.6) is 11.5 Å². The number of rotatable bonds is 9. The van der Waals surface area contributed by atoms with Crippen LogP contribution < -0.4 is 14.8 Å². The molecule has 0 radical (unpaired) electrons. The molecule has 0 aliphatic heterocycles. The van der Waals surface area contributed by atoms with Crippen LogP contribution in [-0.4, -0.2) is 44.8 Å². The Balaban J connectivity index is 1.39. The van der Waals surface area contributed by atoms with Crippen molar-refractivity contribution in [2.24, 2.45) is 5.92 Å². The molecule has 1 unspecified atom stereocenters. The summed E-state index contributed by atoms with van der Waals surface area (Å²) in [7, 11) is 2.96. The van der Waals surface area contributed by atoms with Crippen LogP contribution in [0.3, 0.4) is 0 Å². The van der Waals surface area contributed by atoms with Crippen molar-refractivity contribution in [1.29, 1.82) is 0 Å². The second-order valence-electron chi connectivity index (χ2n) is 9.11. The maximum absolute atomic E-state index is 13.2. The number of amides is 1. The molecule has 0 spiro atoms. The largest absolute Gasteiger partial charge is 0.493 e. The molecule has 8 nitrogen and oxygen atoms in total. The number of hydrogen-bond donors (Lipinski definition) is 1. The van der Waals surface area contributed by atoms with Crippen molar-refractivity contribution >= 4 is 11.6 Å². The van der Waals surface area contributed by atoms with Crippen molar-refractivity contribution in [3.05, 3.63) is 98.6 Å². The summed E-state index contributed by atoms with van der Waals surface area (Å²) < 4.78 is 15.9. The van der Waals surface area contributed by atoms with Gasteiger partial charge in [0, 0.05) is 31.6 Å². The average molecular weight is 489 g/mol. The molecule has 1 amide bonds. The quantitative estimate of drug-likeness (QED) is 0.267. The van der Waals surface area contributed by atoms with Gasteiger partial charge in [-0.15, -0.1) is 0 Å². The first-order valence-electron chi connectivity index (χ1n) is 12.0. The summed E-state index contributed by atoms with van der Waals surface area (Å²) in [4.78, 5) is 24.4. The highest BCUT2D eigenvalue weighted by molar-refractivity contribution is 5.99. The number of ether oxygens (including phenoxy) is 3. The van der Waals surface area contributed by atoms with E-state index in [1.165, 1.54) is 48.6 Å². The van der Waals surface area contributed by atoms with Crippen LogP contribution in [0.4, 0.5) is 5.69 Å². The number of fused-ring (bicyclic) bond motifs is 1. The standard InChI is InChI=1S/C28H28N2O6/c1-34-11-12-36-26-15-24(30(32)33)23(14-25(26)35-2)28(31)29-16-17-13-22-18-7-3-5-9-20(18)27(17)21-10-6-4-8-19(21)22/h3-10,14-15,17,22,27H,11-13,16H2,1-2H3,(H,29,31). The maximum atomic E-state index is 13.2. The van der Waals surface area contributed by atoms with E-state index >= 15 is 0 Å². The Morgan fingerprint density at radius 1 is 0.972 bits per heavy atom. The summed E-state index contributed by atoms with van der Waals surface area (Å²) in [5.41, 5.74) is 4.93. The molecular weight excluding hydrogens is 460 g/mol. The summed E-state index contributed by atoms with van der Waals surface area (Å²) >= 11 is 0. The third kappa shape index (κ3) is 4.18. The second-order valence-corrected chi connectivity index (χ2v) is 9.11. The Labute approximate surface area is 209 Å². The van der Waals surface area contributed by atoms with Crippen molar-refractivity contribution in [1.82, 2.24) is 5.32 Å². The van der Waals surface area contributed by atoms with Crippen LogP contribution in [0, 0.1) is 16.0 Å². The summed E-state index contributed by atoms with van der Waals surface area (Å²) in [6.45, 7) is 0.923. The molecule has 8 heteroatoms. The Hall–Kier alpha value is -3.91. The Kier molecular flexibility index (Phi) is 6.61. The molecule has 3 aliphatic rings. The van der Waals surface area contributed by atoms with Gasteiger partial charge >= 0.3 is 0 Å². The molecule has 3 aliphatic carbocycles. The zero-order valence-corrected chi connectivity index (χ0v) is 20.2. The Morgan fingerprint density at radius 2 is 1.61 bits per heavy atom. The van der Waals surface area contributed by atoms with Crippen LogP contribution in [0.2, 0.25) is 0 Å². The molecule has 1 N–H and O–H groups in total. The molecule has 0 saturated carbocycles. The third-order valence-electron chi connectivity index (χ3n) is 7.22. The van der Waals surface area contributed by atoms with Crippen LogP contribution in [-0.2, 0) is 4.74 Å². The third-order valence-corrected chi connectivity index (χ3v) is 7.22. The SMILES string of the molecule is COCCOc1cc([N+](=O)[O-])c(C(=O)NCC2CC3c4ccccc4C2c2ccccc23)cc1OC. The van der Waals surface area contributed by atoms with Gasteiger partial charge in [-0.05, 0) is 34.6 Å². The normalized spacial score (nSPS) is 19.2. The lowest BCUT2D eigenvalue weighted by Gasteiger charge is -2.45. The van der Waals surface area contributed by atoms with Crippen molar-refractivity contribution < 1.29 is 23.9 Å². The van der Waals surface area contributed by atoms with E-state index in [0.29, 0.717) is 13.2 Å². The van der Waals surface area contributed by atoms with E-state index in [0.717, 1.165) is 6.42 Å². The fraction of sp³-hybridized carbons (Fsp3) is 0.321. The van der Waals surface area contributed by atoms with Crippen molar-refractivity contribution in [3.8, 4) is 11.5 Å².